The van der Waals surface area contributed by atoms with Crippen molar-refractivity contribution in [3.63, 3.8) is 0 Å². The average Bonchev–Trinajstić information content (AvgIpc) is 2.73. The summed E-state index contributed by atoms with van der Waals surface area (Å²) in [5.41, 5.74) is 4.83. The predicted molar refractivity (Wildman–Crippen MR) is 121 cm³/mol. The Balaban J connectivity index is 1.60. The van der Waals surface area contributed by atoms with Gasteiger partial charge in [-0.2, -0.15) is 0 Å². The smallest absolute Gasteiger partial charge is 0.251 e. The van der Waals surface area contributed by atoms with Crippen LogP contribution in [0.3, 0.4) is 0 Å². The fourth-order valence-corrected chi connectivity index (χ4v) is 2.84. The number of rotatable bonds is 8. The molecule has 4 nitrogen and oxygen atoms in total. The van der Waals surface area contributed by atoms with Crippen LogP contribution < -0.4 is 10.6 Å². The number of hydrogen-bond acceptors (Lipinski definition) is 3. The van der Waals surface area contributed by atoms with Crippen LogP contribution in [0.2, 0.25) is 0 Å². The van der Waals surface area contributed by atoms with Crippen LogP contribution in [-0.2, 0) is 0 Å². The van der Waals surface area contributed by atoms with Crippen molar-refractivity contribution < 1.29 is 4.79 Å². The summed E-state index contributed by atoms with van der Waals surface area (Å²) in [4.78, 5) is 16.2. The molecule has 148 valence electrons. The Labute approximate surface area is 172 Å². The van der Waals surface area contributed by atoms with Gasteiger partial charge in [-0.15, -0.1) is 0 Å². The molecule has 29 heavy (non-hydrogen) atoms. The minimum atomic E-state index is -0.0274. The van der Waals surface area contributed by atoms with Crippen LogP contribution in [0.1, 0.15) is 41.8 Å². The van der Waals surface area contributed by atoms with Gasteiger partial charge in [-0.3, -0.25) is 9.78 Å². The van der Waals surface area contributed by atoms with Crippen molar-refractivity contribution in [2.24, 2.45) is 5.92 Å². The molecule has 1 heterocycles. The van der Waals surface area contributed by atoms with E-state index in [1.165, 1.54) is 0 Å². The normalized spacial score (nSPS) is 11.0. The van der Waals surface area contributed by atoms with E-state index >= 15 is 0 Å². The molecule has 2 aromatic carbocycles. The fourth-order valence-electron chi connectivity index (χ4n) is 2.84. The molecule has 2 N–H and O–H groups in total. The van der Waals surface area contributed by atoms with E-state index in [1.54, 1.807) is 12.4 Å². The third kappa shape index (κ3) is 6.61. The SMILES string of the molecule is CC(C)CCNC(=O)c1ccc(Nc2cccc(C=Cc3ccncc3)c2)cc1. The Bertz CT molecular complexity index is 947. The largest absolute Gasteiger partial charge is 0.356 e. The number of hydrogen-bond donors (Lipinski definition) is 2. The molecule has 0 atom stereocenters. The van der Waals surface area contributed by atoms with Gasteiger partial charge in [0.25, 0.3) is 5.91 Å². The zero-order valence-corrected chi connectivity index (χ0v) is 16.9. The number of benzene rings is 2. The van der Waals surface area contributed by atoms with E-state index in [1.807, 2.05) is 48.5 Å². The molecule has 0 aliphatic heterocycles. The lowest BCUT2D eigenvalue weighted by molar-refractivity contribution is 0.0952. The summed E-state index contributed by atoms with van der Waals surface area (Å²) in [6.07, 6.45) is 8.69. The van der Waals surface area contributed by atoms with Gasteiger partial charge in [-0.25, -0.2) is 0 Å². The lowest BCUT2D eigenvalue weighted by Gasteiger charge is -2.10. The van der Waals surface area contributed by atoms with Gasteiger partial charge in [0.15, 0.2) is 0 Å². The molecule has 0 unspecified atom stereocenters. The monoisotopic (exact) mass is 385 g/mol. The van der Waals surface area contributed by atoms with Gasteiger partial charge in [-0.1, -0.05) is 38.1 Å². The van der Waals surface area contributed by atoms with Gasteiger partial charge in [0.1, 0.15) is 0 Å². The molecule has 0 aliphatic carbocycles. The maximum Gasteiger partial charge on any atom is 0.251 e. The minimum Gasteiger partial charge on any atom is -0.356 e. The topological polar surface area (TPSA) is 54.0 Å². The number of amides is 1. The number of nitrogens with zero attached hydrogens (tertiary/aromatic N) is 1. The Morgan fingerprint density at radius 3 is 2.38 bits per heavy atom. The molecule has 3 aromatic rings. The van der Waals surface area contributed by atoms with Crippen LogP contribution in [0.15, 0.2) is 73.1 Å². The molecule has 0 saturated carbocycles. The summed E-state index contributed by atoms with van der Waals surface area (Å²) in [6.45, 7) is 5.00. The van der Waals surface area contributed by atoms with Crippen LogP contribution >= 0.6 is 0 Å². The number of carbonyl (C=O) groups is 1. The van der Waals surface area contributed by atoms with Crippen molar-refractivity contribution in [3.05, 3.63) is 89.7 Å². The molecule has 0 radical (unpaired) electrons. The highest BCUT2D eigenvalue weighted by Crippen LogP contribution is 2.19. The van der Waals surface area contributed by atoms with Crippen LogP contribution in [0, 0.1) is 5.92 Å². The highest BCUT2D eigenvalue weighted by atomic mass is 16.1. The second kappa shape index (κ2) is 10.2. The fraction of sp³-hybridized carbons (Fsp3) is 0.200. The van der Waals surface area contributed by atoms with Crippen molar-refractivity contribution in [2.45, 2.75) is 20.3 Å². The molecule has 4 heteroatoms. The van der Waals surface area contributed by atoms with Crippen LogP contribution in [0.5, 0.6) is 0 Å². The van der Waals surface area contributed by atoms with E-state index < -0.39 is 0 Å². The standard InChI is InChI=1S/C25H27N3O/c1-19(2)12-17-27-25(29)22-8-10-23(11-9-22)28-24-5-3-4-21(18-24)7-6-20-13-15-26-16-14-20/h3-11,13-16,18-19,28H,12,17H2,1-2H3,(H,27,29). The third-order valence-corrected chi connectivity index (χ3v) is 4.50. The number of carbonyl (C=O) groups excluding carboxylic acids is 1. The van der Waals surface area contributed by atoms with Crippen molar-refractivity contribution in [3.8, 4) is 0 Å². The quantitative estimate of drug-likeness (QED) is 0.517. The van der Waals surface area contributed by atoms with Crippen LogP contribution in [-0.4, -0.2) is 17.4 Å². The van der Waals surface area contributed by atoms with E-state index in [0.717, 1.165) is 28.9 Å². The molecule has 0 saturated heterocycles. The second-order valence-corrected chi connectivity index (χ2v) is 7.38. The summed E-state index contributed by atoms with van der Waals surface area (Å²) in [5, 5.41) is 6.35. The summed E-state index contributed by atoms with van der Waals surface area (Å²) < 4.78 is 0. The third-order valence-electron chi connectivity index (χ3n) is 4.50. The summed E-state index contributed by atoms with van der Waals surface area (Å²) >= 11 is 0. The predicted octanol–water partition coefficient (Wildman–Crippen LogP) is 5.77. The highest BCUT2D eigenvalue weighted by Gasteiger charge is 2.05. The molecular weight excluding hydrogens is 358 g/mol. The Kier molecular flexibility index (Phi) is 7.17. The molecule has 0 bridgehead atoms. The van der Waals surface area contributed by atoms with Crippen molar-refractivity contribution in [2.75, 3.05) is 11.9 Å². The van der Waals surface area contributed by atoms with E-state index in [9.17, 15) is 4.79 Å². The zero-order chi connectivity index (χ0) is 20.5. The first-order valence-corrected chi connectivity index (χ1v) is 9.93. The first-order chi connectivity index (χ1) is 14.1. The number of nitrogens with one attached hydrogen (secondary N) is 2. The first-order valence-electron chi connectivity index (χ1n) is 9.93. The molecule has 0 fully saturated rings. The lowest BCUT2D eigenvalue weighted by atomic mass is 10.1. The van der Waals surface area contributed by atoms with Crippen LogP contribution in [0.25, 0.3) is 12.2 Å². The molecule has 1 amide bonds. The van der Waals surface area contributed by atoms with E-state index in [0.29, 0.717) is 18.0 Å². The van der Waals surface area contributed by atoms with Gasteiger partial charge in [-0.05, 0) is 72.0 Å². The maximum absolute atomic E-state index is 12.2. The average molecular weight is 386 g/mol. The van der Waals surface area contributed by atoms with Crippen molar-refractivity contribution in [1.29, 1.82) is 0 Å². The summed E-state index contributed by atoms with van der Waals surface area (Å²) in [5.74, 6) is 0.553. The maximum atomic E-state index is 12.2. The van der Waals surface area contributed by atoms with Gasteiger partial charge in [0.05, 0.1) is 0 Å². The number of aromatic nitrogens is 1. The second-order valence-electron chi connectivity index (χ2n) is 7.38. The number of anilines is 2. The molecule has 0 spiro atoms. The zero-order valence-electron chi connectivity index (χ0n) is 16.9. The summed E-state index contributed by atoms with van der Waals surface area (Å²) in [7, 11) is 0. The number of pyridine rings is 1. The molecule has 3 rings (SSSR count). The first kappa shape index (κ1) is 20.3. The minimum absolute atomic E-state index is 0.0274. The van der Waals surface area contributed by atoms with Gasteiger partial charge in [0, 0.05) is 35.9 Å². The van der Waals surface area contributed by atoms with E-state index in [2.05, 4.69) is 53.7 Å². The van der Waals surface area contributed by atoms with Gasteiger partial charge < -0.3 is 10.6 Å². The van der Waals surface area contributed by atoms with Crippen molar-refractivity contribution in [1.82, 2.24) is 10.3 Å². The van der Waals surface area contributed by atoms with Crippen molar-refractivity contribution >= 4 is 29.4 Å². The van der Waals surface area contributed by atoms with Gasteiger partial charge in [0.2, 0.25) is 0 Å². The van der Waals surface area contributed by atoms with Crippen LogP contribution in [0.4, 0.5) is 11.4 Å². The van der Waals surface area contributed by atoms with E-state index in [4.69, 9.17) is 0 Å². The Hall–Kier alpha value is -3.40. The molecule has 1 aromatic heterocycles. The summed E-state index contributed by atoms with van der Waals surface area (Å²) in [6, 6.07) is 19.7. The molecular formula is C25H27N3O. The van der Waals surface area contributed by atoms with E-state index in [-0.39, 0.29) is 5.91 Å². The highest BCUT2D eigenvalue weighted by molar-refractivity contribution is 5.94. The Morgan fingerprint density at radius 1 is 0.931 bits per heavy atom. The lowest BCUT2D eigenvalue weighted by Crippen LogP contribution is -2.25. The van der Waals surface area contributed by atoms with Gasteiger partial charge >= 0.3 is 0 Å². The Morgan fingerprint density at radius 2 is 1.66 bits per heavy atom. The molecule has 0 aliphatic rings.